The van der Waals surface area contributed by atoms with Crippen molar-refractivity contribution in [3.05, 3.63) is 75.7 Å². The maximum Gasteiger partial charge on any atom is 0.175 e. The zero-order chi connectivity index (χ0) is 19.7. The molecule has 0 atom stereocenters. The minimum atomic E-state index is 0.413. The van der Waals surface area contributed by atoms with Crippen molar-refractivity contribution < 1.29 is 0 Å². The number of rotatable bonds is 3. The molecule has 0 aliphatic rings. The second kappa shape index (κ2) is 7.97. The molecule has 1 heterocycles. The average Bonchev–Trinajstić information content (AvgIpc) is 3.10. The Bertz CT molecular complexity index is 1160. The lowest BCUT2D eigenvalue weighted by Gasteiger charge is -2.12. The smallest absolute Gasteiger partial charge is 0.175 e. The molecule has 0 amide bonds. The van der Waals surface area contributed by atoms with Crippen LogP contribution in [0.4, 0.5) is 11.4 Å². The molecule has 0 radical (unpaired) electrons. The number of hydrogen-bond acceptors (Lipinski definition) is 2. The molecule has 0 spiro atoms. The van der Waals surface area contributed by atoms with Gasteiger partial charge in [0, 0.05) is 16.9 Å². The molecule has 1 aromatic heterocycles. The van der Waals surface area contributed by atoms with Gasteiger partial charge in [-0.3, -0.25) is 0 Å². The highest BCUT2D eigenvalue weighted by Crippen LogP contribution is 2.30. The third-order valence-corrected chi connectivity index (χ3v) is 5.32. The number of thiocarbonyl (C=S) groups is 1. The molecule has 28 heavy (non-hydrogen) atoms. The number of para-hydroxylation sites is 2. The lowest BCUT2D eigenvalue weighted by atomic mass is 10.2. The van der Waals surface area contributed by atoms with Crippen molar-refractivity contribution in [2.24, 2.45) is 0 Å². The molecule has 0 saturated heterocycles. The summed E-state index contributed by atoms with van der Waals surface area (Å²) in [4.78, 5) is 7.89. The van der Waals surface area contributed by atoms with E-state index in [0.717, 1.165) is 28.0 Å². The summed E-state index contributed by atoms with van der Waals surface area (Å²) in [5.41, 5.74) is 4.11. The van der Waals surface area contributed by atoms with E-state index in [1.54, 1.807) is 24.3 Å². The fourth-order valence-electron chi connectivity index (χ4n) is 2.73. The lowest BCUT2D eigenvalue weighted by Crippen LogP contribution is -2.19. The van der Waals surface area contributed by atoms with E-state index < -0.39 is 0 Å². The highest BCUT2D eigenvalue weighted by molar-refractivity contribution is 7.80. The van der Waals surface area contributed by atoms with E-state index in [9.17, 15) is 0 Å². The molecule has 0 fully saturated rings. The second-order valence-electron chi connectivity index (χ2n) is 6.01. The monoisotopic (exact) mass is 446 g/mol. The van der Waals surface area contributed by atoms with Crippen molar-refractivity contribution >= 4 is 74.5 Å². The minimum absolute atomic E-state index is 0.413. The maximum absolute atomic E-state index is 6.39. The Labute approximate surface area is 181 Å². The van der Waals surface area contributed by atoms with Gasteiger partial charge in [-0.15, -0.1) is 0 Å². The van der Waals surface area contributed by atoms with Crippen molar-refractivity contribution in [3.63, 3.8) is 0 Å². The molecule has 0 aliphatic carbocycles. The number of aromatic amines is 1. The van der Waals surface area contributed by atoms with E-state index in [2.05, 4.69) is 20.6 Å². The number of benzene rings is 3. The zero-order valence-corrected chi connectivity index (χ0v) is 17.3. The Morgan fingerprint density at radius 2 is 1.50 bits per heavy atom. The molecule has 3 aromatic carbocycles. The van der Waals surface area contributed by atoms with E-state index in [4.69, 9.17) is 47.0 Å². The Balaban J connectivity index is 1.56. The van der Waals surface area contributed by atoms with Gasteiger partial charge in [0.15, 0.2) is 5.11 Å². The molecule has 0 aliphatic heterocycles. The SMILES string of the molecule is S=C(Nc1ccc(Cl)c(Cl)c1)Nc1ccc(Cl)c(-c2nc3ccccc3[nH]2)c1. The molecule has 3 N–H and O–H groups in total. The molecule has 0 unspecified atom stereocenters. The summed E-state index contributed by atoms with van der Waals surface area (Å²) in [5.74, 6) is 0.693. The molecule has 4 rings (SSSR count). The van der Waals surface area contributed by atoms with Gasteiger partial charge in [0.25, 0.3) is 0 Å². The van der Waals surface area contributed by atoms with Crippen LogP contribution >= 0.6 is 47.0 Å². The molecular weight excluding hydrogens is 435 g/mol. The molecule has 0 bridgehead atoms. The molecule has 0 saturated carbocycles. The largest absolute Gasteiger partial charge is 0.338 e. The van der Waals surface area contributed by atoms with Gasteiger partial charge in [0.1, 0.15) is 5.82 Å². The topological polar surface area (TPSA) is 52.7 Å². The maximum atomic E-state index is 6.39. The summed E-state index contributed by atoms with van der Waals surface area (Å²) in [6.07, 6.45) is 0. The van der Waals surface area contributed by atoms with Crippen molar-refractivity contribution in [2.45, 2.75) is 0 Å². The first-order valence-electron chi connectivity index (χ1n) is 8.27. The lowest BCUT2D eigenvalue weighted by molar-refractivity contribution is 1.34. The van der Waals surface area contributed by atoms with Gasteiger partial charge in [0.05, 0.1) is 26.1 Å². The van der Waals surface area contributed by atoms with Crippen molar-refractivity contribution in [1.29, 1.82) is 0 Å². The molecule has 4 aromatic rings. The fourth-order valence-corrected chi connectivity index (χ4v) is 3.47. The van der Waals surface area contributed by atoms with Crippen LogP contribution in [0.1, 0.15) is 0 Å². The summed E-state index contributed by atoms with van der Waals surface area (Å²) >= 11 is 23.8. The zero-order valence-electron chi connectivity index (χ0n) is 14.3. The van der Waals surface area contributed by atoms with Crippen LogP contribution in [-0.4, -0.2) is 15.1 Å². The summed E-state index contributed by atoms with van der Waals surface area (Å²) in [6.45, 7) is 0. The van der Waals surface area contributed by atoms with Gasteiger partial charge in [-0.1, -0.05) is 46.9 Å². The molecule has 140 valence electrons. The summed E-state index contributed by atoms with van der Waals surface area (Å²) < 4.78 is 0. The van der Waals surface area contributed by atoms with Crippen LogP contribution in [0.5, 0.6) is 0 Å². The number of aromatic nitrogens is 2. The predicted octanol–water partition coefficient (Wildman–Crippen LogP) is 7.00. The van der Waals surface area contributed by atoms with Crippen LogP contribution < -0.4 is 10.6 Å². The van der Waals surface area contributed by atoms with Crippen molar-refractivity contribution in [2.75, 3.05) is 10.6 Å². The van der Waals surface area contributed by atoms with Gasteiger partial charge in [-0.2, -0.15) is 0 Å². The Morgan fingerprint density at radius 3 is 2.21 bits per heavy atom. The number of halogens is 3. The van der Waals surface area contributed by atoms with Crippen LogP contribution in [0.25, 0.3) is 22.4 Å². The standard InChI is InChI=1S/C20H13Cl3N4S/c21-14-7-5-11(24-20(28)25-12-6-8-15(22)16(23)10-12)9-13(14)19-26-17-3-1-2-4-18(17)27-19/h1-10H,(H,26,27)(H2,24,25,28). The normalized spacial score (nSPS) is 10.8. The number of hydrogen-bond donors (Lipinski definition) is 3. The first-order valence-corrected chi connectivity index (χ1v) is 9.81. The van der Waals surface area contributed by atoms with Crippen LogP contribution in [-0.2, 0) is 0 Å². The van der Waals surface area contributed by atoms with Gasteiger partial charge in [-0.25, -0.2) is 4.98 Å². The summed E-state index contributed by atoms with van der Waals surface area (Å²) in [6, 6.07) is 18.6. The van der Waals surface area contributed by atoms with E-state index in [-0.39, 0.29) is 0 Å². The summed E-state index contributed by atoms with van der Waals surface area (Å²) in [7, 11) is 0. The quantitative estimate of drug-likeness (QED) is 0.296. The number of nitrogens with zero attached hydrogens (tertiary/aromatic N) is 1. The van der Waals surface area contributed by atoms with E-state index in [0.29, 0.717) is 26.0 Å². The third kappa shape index (κ3) is 4.08. The van der Waals surface area contributed by atoms with Gasteiger partial charge >= 0.3 is 0 Å². The van der Waals surface area contributed by atoms with Crippen LogP contribution in [0.2, 0.25) is 15.1 Å². The van der Waals surface area contributed by atoms with Crippen LogP contribution in [0.15, 0.2) is 60.7 Å². The first kappa shape index (κ1) is 19.0. The van der Waals surface area contributed by atoms with E-state index >= 15 is 0 Å². The second-order valence-corrected chi connectivity index (χ2v) is 7.64. The first-order chi connectivity index (χ1) is 13.5. The number of imidazole rings is 1. The Morgan fingerprint density at radius 1 is 0.821 bits per heavy atom. The number of fused-ring (bicyclic) bond motifs is 1. The van der Waals surface area contributed by atoms with Crippen molar-refractivity contribution in [1.82, 2.24) is 9.97 Å². The van der Waals surface area contributed by atoms with E-state index in [1.165, 1.54) is 0 Å². The fraction of sp³-hybridized carbons (Fsp3) is 0. The van der Waals surface area contributed by atoms with Gasteiger partial charge in [0.2, 0.25) is 0 Å². The number of anilines is 2. The van der Waals surface area contributed by atoms with E-state index in [1.807, 2.05) is 36.4 Å². The molecule has 4 nitrogen and oxygen atoms in total. The molecule has 8 heteroatoms. The highest BCUT2D eigenvalue weighted by Gasteiger charge is 2.11. The van der Waals surface area contributed by atoms with Gasteiger partial charge < -0.3 is 15.6 Å². The van der Waals surface area contributed by atoms with Crippen molar-refractivity contribution in [3.8, 4) is 11.4 Å². The van der Waals surface area contributed by atoms with Crippen LogP contribution in [0, 0.1) is 0 Å². The van der Waals surface area contributed by atoms with Crippen LogP contribution in [0.3, 0.4) is 0 Å². The summed E-state index contributed by atoms with van der Waals surface area (Å²) in [5, 5.41) is 8.16. The third-order valence-electron chi connectivity index (χ3n) is 4.05. The molecular formula is C20H13Cl3N4S. The number of nitrogens with one attached hydrogen (secondary N) is 3. The highest BCUT2D eigenvalue weighted by atomic mass is 35.5. The average molecular weight is 448 g/mol. The Hall–Kier alpha value is -2.31. The predicted molar refractivity (Wildman–Crippen MR) is 123 cm³/mol. The Kier molecular flexibility index (Phi) is 5.42. The minimum Gasteiger partial charge on any atom is -0.338 e. The number of H-pyrrole nitrogens is 1. The van der Waals surface area contributed by atoms with Gasteiger partial charge in [-0.05, 0) is 60.7 Å².